The zero-order valence-electron chi connectivity index (χ0n) is 24.0. The summed E-state index contributed by atoms with van der Waals surface area (Å²) in [5.41, 5.74) is 6.10. The Hall–Kier alpha value is -2.09. The first kappa shape index (κ1) is 32.9. The predicted molar refractivity (Wildman–Crippen MR) is 153 cm³/mol. The van der Waals surface area contributed by atoms with Gasteiger partial charge in [-0.2, -0.15) is 24.3 Å². The van der Waals surface area contributed by atoms with Gasteiger partial charge in [0.25, 0.3) is 0 Å². The maximum Gasteiger partial charge on any atom is 0.143 e. The molecule has 0 aliphatic heterocycles. The third kappa shape index (κ3) is 9.31. The van der Waals surface area contributed by atoms with Crippen LogP contribution in [-0.2, 0) is 29.7 Å². The van der Waals surface area contributed by atoms with E-state index in [1.165, 1.54) is 27.5 Å². The van der Waals surface area contributed by atoms with Crippen molar-refractivity contribution in [1.82, 2.24) is 0 Å². The number of hydrogen-bond acceptors (Lipinski definition) is 2. The maximum atomic E-state index is 11.7. The van der Waals surface area contributed by atoms with Gasteiger partial charge in [0.2, 0.25) is 0 Å². The van der Waals surface area contributed by atoms with Gasteiger partial charge in [-0.05, 0) is 31.6 Å². The molecule has 0 aromatic heterocycles. The second-order valence-corrected chi connectivity index (χ2v) is 10.2. The first-order valence-corrected chi connectivity index (χ1v) is 13.7. The zero-order chi connectivity index (χ0) is 26.8. The summed E-state index contributed by atoms with van der Waals surface area (Å²) in [6, 6.07) is 22.1. The van der Waals surface area contributed by atoms with Gasteiger partial charge in [0.1, 0.15) is 11.6 Å². The Morgan fingerprint density at radius 1 is 0.811 bits per heavy atom. The minimum absolute atomic E-state index is 0. The SMILES string of the molecule is CCC(CC)C(=O)CC(=O)C(CC)CC.Cc1[c-]c(-c2[c-]cc3cccc(C(C)C)c3c2)cc(C)c1.[Ir]. The van der Waals surface area contributed by atoms with Gasteiger partial charge in [0, 0.05) is 31.9 Å². The molecule has 0 saturated carbocycles. The van der Waals surface area contributed by atoms with Gasteiger partial charge in [-0.3, -0.25) is 9.59 Å². The van der Waals surface area contributed by atoms with E-state index in [9.17, 15) is 9.59 Å². The monoisotopic (exact) mass is 677 g/mol. The Labute approximate surface area is 239 Å². The third-order valence-electron chi connectivity index (χ3n) is 7.14. The van der Waals surface area contributed by atoms with Crippen molar-refractivity contribution in [1.29, 1.82) is 0 Å². The normalized spacial score (nSPS) is 10.9. The average molecular weight is 677 g/mol. The summed E-state index contributed by atoms with van der Waals surface area (Å²) in [6.07, 6.45) is 3.56. The van der Waals surface area contributed by atoms with Gasteiger partial charge in [-0.15, -0.1) is 34.0 Å². The van der Waals surface area contributed by atoms with Crippen molar-refractivity contribution >= 4 is 22.3 Å². The molecule has 0 atom stereocenters. The van der Waals surface area contributed by atoms with Crippen molar-refractivity contribution in [2.75, 3.05) is 0 Å². The molecular formula is C34H44IrO2-2. The van der Waals surface area contributed by atoms with Crippen molar-refractivity contribution in [2.45, 2.75) is 93.4 Å². The molecule has 0 unspecified atom stereocenters. The summed E-state index contributed by atoms with van der Waals surface area (Å²) < 4.78 is 0. The number of fused-ring (bicyclic) bond motifs is 1. The molecule has 0 aliphatic carbocycles. The van der Waals surface area contributed by atoms with Crippen molar-refractivity contribution in [3.8, 4) is 11.1 Å². The first-order valence-electron chi connectivity index (χ1n) is 13.7. The van der Waals surface area contributed by atoms with Crippen molar-refractivity contribution in [3.63, 3.8) is 0 Å². The molecule has 3 heteroatoms. The van der Waals surface area contributed by atoms with Gasteiger partial charge in [0.15, 0.2) is 0 Å². The van der Waals surface area contributed by atoms with Gasteiger partial charge in [-0.1, -0.05) is 79.2 Å². The van der Waals surface area contributed by atoms with E-state index in [1.54, 1.807) is 0 Å². The molecule has 0 heterocycles. The van der Waals surface area contributed by atoms with Gasteiger partial charge in [0.05, 0.1) is 6.42 Å². The van der Waals surface area contributed by atoms with Crippen molar-refractivity contribution < 1.29 is 29.7 Å². The van der Waals surface area contributed by atoms with Crippen LogP contribution in [0.5, 0.6) is 0 Å². The number of benzene rings is 3. The molecule has 37 heavy (non-hydrogen) atoms. The number of carbonyl (C=O) groups excluding carboxylic acids is 2. The molecule has 3 aromatic carbocycles. The van der Waals surface area contributed by atoms with E-state index >= 15 is 0 Å². The summed E-state index contributed by atoms with van der Waals surface area (Å²) in [5, 5.41) is 2.59. The summed E-state index contributed by atoms with van der Waals surface area (Å²) >= 11 is 0. The number of aryl methyl sites for hydroxylation is 2. The fourth-order valence-electron chi connectivity index (χ4n) is 4.88. The Bertz CT molecular complexity index is 1110. The van der Waals surface area contributed by atoms with Gasteiger partial charge >= 0.3 is 0 Å². The third-order valence-corrected chi connectivity index (χ3v) is 7.14. The number of carbonyl (C=O) groups is 2. The van der Waals surface area contributed by atoms with Crippen LogP contribution in [0.15, 0.2) is 42.5 Å². The average Bonchev–Trinajstić information content (AvgIpc) is 2.84. The quantitative estimate of drug-likeness (QED) is 0.159. The molecule has 0 N–H and O–H groups in total. The van der Waals surface area contributed by atoms with E-state index in [0.29, 0.717) is 5.92 Å². The van der Waals surface area contributed by atoms with E-state index in [4.69, 9.17) is 0 Å². The Kier molecular flexibility index (Phi) is 14.2. The number of Topliss-reactive ketones (excluding diaryl/α,β-unsaturated/α-hetero) is 2. The summed E-state index contributed by atoms with van der Waals surface area (Å²) in [6.45, 7) is 16.7. The molecule has 0 spiro atoms. The van der Waals surface area contributed by atoms with Crippen LogP contribution in [0.1, 0.15) is 96.3 Å². The molecule has 3 rings (SSSR count). The molecule has 2 nitrogen and oxygen atoms in total. The fourth-order valence-corrected chi connectivity index (χ4v) is 4.88. The Balaban J connectivity index is 0.000000384. The number of ketones is 2. The second kappa shape index (κ2) is 16.0. The molecule has 3 aromatic rings. The van der Waals surface area contributed by atoms with E-state index in [-0.39, 0.29) is 49.9 Å². The van der Waals surface area contributed by atoms with E-state index in [1.807, 2.05) is 27.7 Å². The first-order chi connectivity index (χ1) is 17.1. The summed E-state index contributed by atoms with van der Waals surface area (Å²) in [4.78, 5) is 23.5. The van der Waals surface area contributed by atoms with Crippen LogP contribution < -0.4 is 0 Å². The van der Waals surface area contributed by atoms with Gasteiger partial charge in [-0.25, -0.2) is 11.1 Å². The fraction of sp³-hybridized carbons (Fsp3) is 0.471. The number of rotatable bonds is 10. The van der Waals surface area contributed by atoms with E-state index < -0.39 is 0 Å². The molecule has 0 aliphatic rings. The van der Waals surface area contributed by atoms with Crippen LogP contribution >= 0.6 is 0 Å². The molecule has 0 bridgehead atoms. The maximum absolute atomic E-state index is 11.7. The van der Waals surface area contributed by atoms with Gasteiger partial charge < -0.3 is 0 Å². The smallest absolute Gasteiger partial charge is 0.143 e. The molecule has 0 amide bonds. The zero-order valence-corrected chi connectivity index (χ0v) is 26.4. The second-order valence-electron chi connectivity index (χ2n) is 10.2. The van der Waals surface area contributed by atoms with Crippen molar-refractivity contribution in [2.24, 2.45) is 11.8 Å². The minimum atomic E-state index is 0. The number of hydrogen-bond donors (Lipinski definition) is 0. The van der Waals surface area contributed by atoms with E-state index in [0.717, 1.165) is 36.8 Å². The molecule has 203 valence electrons. The van der Waals surface area contributed by atoms with Crippen LogP contribution in [0.25, 0.3) is 21.9 Å². The van der Waals surface area contributed by atoms with Crippen molar-refractivity contribution in [3.05, 3.63) is 71.3 Å². The minimum Gasteiger partial charge on any atom is -0.299 e. The standard InChI is InChI=1S/C21H20.C13H24O2.Ir/c1-14(2)20-7-5-6-17-8-9-18(13-21(17)20)19-11-15(3)10-16(4)12-19;1-5-10(6-2)12(14)9-13(15)11(7-3)8-4;/h5-8,10-11,13-14H,1-4H3;10-11H,5-9H2,1-4H3;/q-2;;. The summed E-state index contributed by atoms with van der Waals surface area (Å²) in [7, 11) is 0. The van der Waals surface area contributed by atoms with Crippen LogP contribution in [-0.4, -0.2) is 11.6 Å². The summed E-state index contributed by atoms with van der Waals surface area (Å²) in [5.74, 6) is 0.965. The van der Waals surface area contributed by atoms with Crippen LogP contribution in [0.3, 0.4) is 0 Å². The van der Waals surface area contributed by atoms with Crippen LogP contribution in [0, 0.1) is 37.8 Å². The van der Waals surface area contributed by atoms with Crippen LogP contribution in [0.4, 0.5) is 0 Å². The predicted octanol–water partition coefficient (Wildman–Crippen LogP) is 9.23. The topological polar surface area (TPSA) is 34.1 Å². The Morgan fingerprint density at radius 3 is 1.86 bits per heavy atom. The largest absolute Gasteiger partial charge is 0.299 e. The molecule has 1 radical (unpaired) electrons. The molecule has 0 saturated heterocycles. The molecule has 0 fully saturated rings. The molecular weight excluding hydrogens is 633 g/mol. The van der Waals surface area contributed by atoms with Crippen LogP contribution in [0.2, 0.25) is 0 Å². The Morgan fingerprint density at radius 2 is 1.38 bits per heavy atom. The van der Waals surface area contributed by atoms with E-state index in [2.05, 4.69) is 82.3 Å².